The van der Waals surface area contributed by atoms with Gasteiger partial charge in [-0.15, -0.1) is 0 Å². The topological polar surface area (TPSA) is 34.1 Å². The van der Waals surface area contributed by atoms with Crippen molar-refractivity contribution >= 4 is 11.6 Å². The Kier molecular flexibility index (Phi) is 3.13. The molecule has 1 aliphatic carbocycles. The van der Waals surface area contributed by atoms with E-state index < -0.39 is 0 Å². The Morgan fingerprint density at radius 3 is 1.22 bits per heavy atom. The molecule has 0 saturated heterocycles. The van der Waals surface area contributed by atoms with Gasteiger partial charge in [-0.1, -0.05) is 0 Å². The number of allylic oxidation sites excluding steroid dienone is 4. The quantitative estimate of drug-likeness (QED) is 0.387. The molecule has 0 aromatic rings. The molecule has 0 aliphatic heterocycles. The number of hydrogen-bond acceptors (Lipinski definition) is 2. The minimum Gasteiger partial charge on any atom is -0.290 e. The van der Waals surface area contributed by atoms with Crippen LogP contribution in [0.5, 0.6) is 0 Å². The first-order chi connectivity index (χ1) is 3.79. The number of carbonyl (C=O) groups excluding carboxylic acids is 2. The van der Waals surface area contributed by atoms with Crippen LogP contribution in [0.25, 0.3) is 0 Å². The molecule has 0 N–H and O–H groups in total. The van der Waals surface area contributed by atoms with Gasteiger partial charge in [0.25, 0.3) is 0 Å². The van der Waals surface area contributed by atoms with Crippen LogP contribution in [0.4, 0.5) is 0 Å². The molecule has 0 amide bonds. The van der Waals surface area contributed by atoms with Gasteiger partial charge in [-0.25, -0.2) is 0 Å². The van der Waals surface area contributed by atoms with Crippen molar-refractivity contribution in [2.24, 2.45) is 0 Å². The minimum atomic E-state index is -0.121. The van der Waals surface area contributed by atoms with E-state index in [1.807, 2.05) is 0 Å². The van der Waals surface area contributed by atoms with Crippen LogP contribution in [0.2, 0.25) is 0 Å². The van der Waals surface area contributed by atoms with Crippen molar-refractivity contribution in [3.63, 3.8) is 0 Å². The van der Waals surface area contributed by atoms with Crippen molar-refractivity contribution in [3.8, 4) is 0 Å². The Morgan fingerprint density at radius 2 is 1.00 bits per heavy atom. The second kappa shape index (κ2) is 3.38. The molecule has 50 valence electrons. The molecule has 0 bridgehead atoms. The molecule has 0 spiro atoms. The maximum Gasteiger partial charge on any atom is 1.00 e. The van der Waals surface area contributed by atoms with E-state index in [1.165, 1.54) is 24.3 Å². The Balaban J connectivity index is 0.000000640. The zero-order chi connectivity index (χ0) is 5.98. The first kappa shape index (κ1) is 8.34. The Bertz CT molecular complexity index is 153. The third-order valence-corrected chi connectivity index (χ3v) is 0.824. The van der Waals surface area contributed by atoms with Gasteiger partial charge in [0.05, 0.1) is 0 Å². The van der Waals surface area contributed by atoms with E-state index in [4.69, 9.17) is 0 Å². The second-order valence-electron chi connectivity index (χ2n) is 1.47. The summed E-state index contributed by atoms with van der Waals surface area (Å²) in [6.45, 7) is 0. The van der Waals surface area contributed by atoms with Crippen molar-refractivity contribution < 1.29 is 26.7 Å². The molecule has 1 rings (SSSR count). The Morgan fingerprint density at radius 1 is 0.778 bits per heavy atom. The van der Waals surface area contributed by atoms with Gasteiger partial charge in [0.2, 0.25) is 0 Å². The van der Waals surface area contributed by atoms with E-state index in [2.05, 4.69) is 0 Å². The zero-order valence-corrected chi connectivity index (χ0v) is 5.37. The SMILES string of the molecule is O=C1C=CC(=O)C=C1.[Cu+]. The van der Waals surface area contributed by atoms with Gasteiger partial charge in [-0.05, 0) is 24.3 Å². The van der Waals surface area contributed by atoms with Crippen molar-refractivity contribution in [1.82, 2.24) is 0 Å². The fraction of sp³-hybridized carbons (Fsp3) is 0. The predicted octanol–water partition coefficient (Wildman–Crippen LogP) is 0.248. The summed E-state index contributed by atoms with van der Waals surface area (Å²) < 4.78 is 0. The average molecular weight is 172 g/mol. The van der Waals surface area contributed by atoms with Gasteiger partial charge >= 0.3 is 17.1 Å². The third kappa shape index (κ3) is 2.40. The molecule has 0 aromatic heterocycles. The number of ketones is 2. The summed E-state index contributed by atoms with van der Waals surface area (Å²) in [7, 11) is 0. The standard InChI is InChI=1S/C6H4O2.Cu/c7-5-1-2-6(8)4-3-5;/h1-4H;/q;+1. The molecule has 2 nitrogen and oxygen atoms in total. The average Bonchev–Trinajstić information content (AvgIpc) is 1.77. The van der Waals surface area contributed by atoms with Crippen LogP contribution >= 0.6 is 0 Å². The maximum atomic E-state index is 10.3. The van der Waals surface area contributed by atoms with E-state index in [9.17, 15) is 9.59 Å². The normalized spacial score (nSPS) is 15.6. The van der Waals surface area contributed by atoms with Crippen LogP contribution in [0.1, 0.15) is 0 Å². The monoisotopic (exact) mass is 171 g/mol. The molecule has 0 aromatic carbocycles. The molecule has 1 aliphatic rings. The summed E-state index contributed by atoms with van der Waals surface area (Å²) in [4.78, 5) is 20.6. The van der Waals surface area contributed by atoms with Gasteiger partial charge in [0, 0.05) is 0 Å². The fourth-order valence-electron chi connectivity index (χ4n) is 0.440. The van der Waals surface area contributed by atoms with E-state index in [1.54, 1.807) is 0 Å². The van der Waals surface area contributed by atoms with E-state index in [0.717, 1.165) is 0 Å². The zero-order valence-electron chi connectivity index (χ0n) is 4.43. The van der Waals surface area contributed by atoms with Crippen LogP contribution in [0, 0.1) is 0 Å². The third-order valence-electron chi connectivity index (χ3n) is 0.824. The van der Waals surface area contributed by atoms with E-state index in [-0.39, 0.29) is 28.6 Å². The van der Waals surface area contributed by atoms with Crippen molar-refractivity contribution in [1.29, 1.82) is 0 Å². The molecule has 0 unspecified atom stereocenters. The maximum absolute atomic E-state index is 10.3. The summed E-state index contributed by atoms with van der Waals surface area (Å²) in [5.74, 6) is -0.241. The minimum absolute atomic E-state index is 0. The van der Waals surface area contributed by atoms with E-state index >= 15 is 0 Å². The molecule has 3 heteroatoms. The molecule has 0 atom stereocenters. The largest absolute Gasteiger partial charge is 1.00 e. The van der Waals surface area contributed by atoms with Crippen LogP contribution in [-0.4, -0.2) is 11.6 Å². The van der Waals surface area contributed by atoms with Crippen LogP contribution < -0.4 is 0 Å². The van der Waals surface area contributed by atoms with Gasteiger partial charge in [-0.3, -0.25) is 9.59 Å². The van der Waals surface area contributed by atoms with Crippen LogP contribution in [0.15, 0.2) is 24.3 Å². The van der Waals surface area contributed by atoms with Crippen molar-refractivity contribution in [2.75, 3.05) is 0 Å². The van der Waals surface area contributed by atoms with E-state index in [0.29, 0.717) is 0 Å². The second-order valence-corrected chi connectivity index (χ2v) is 1.47. The molecule has 0 radical (unpaired) electrons. The molecule has 0 fully saturated rings. The van der Waals surface area contributed by atoms with Gasteiger partial charge in [0.15, 0.2) is 11.6 Å². The van der Waals surface area contributed by atoms with Crippen molar-refractivity contribution in [3.05, 3.63) is 24.3 Å². The van der Waals surface area contributed by atoms with Gasteiger partial charge < -0.3 is 0 Å². The molecule has 0 heterocycles. The van der Waals surface area contributed by atoms with Gasteiger partial charge in [-0.2, -0.15) is 0 Å². The Hall–Kier alpha value is -0.661. The van der Waals surface area contributed by atoms with Gasteiger partial charge in [0.1, 0.15) is 0 Å². The molecular weight excluding hydrogens is 168 g/mol. The summed E-state index contributed by atoms with van der Waals surface area (Å²) in [6, 6.07) is 0. The predicted molar refractivity (Wildman–Crippen MR) is 28.3 cm³/mol. The summed E-state index contributed by atoms with van der Waals surface area (Å²) in [5.41, 5.74) is 0. The number of carbonyl (C=O) groups is 2. The fourth-order valence-corrected chi connectivity index (χ4v) is 0.440. The first-order valence-corrected chi connectivity index (χ1v) is 2.23. The van der Waals surface area contributed by atoms with Crippen LogP contribution in [-0.2, 0) is 26.7 Å². The van der Waals surface area contributed by atoms with Crippen molar-refractivity contribution in [2.45, 2.75) is 0 Å². The Labute approximate surface area is 63.1 Å². The number of rotatable bonds is 0. The first-order valence-electron chi connectivity index (χ1n) is 2.23. The molecule has 9 heavy (non-hydrogen) atoms. The summed E-state index contributed by atoms with van der Waals surface area (Å²) in [5, 5.41) is 0. The summed E-state index contributed by atoms with van der Waals surface area (Å²) in [6.07, 6.45) is 5.01. The smallest absolute Gasteiger partial charge is 0.290 e. The summed E-state index contributed by atoms with van der Waals surface area (Å²) >= 11 is 0. The number of hydrogen-bond donors (Lipinski definition) is 0. The van der Waals surface area contributed by atoms with Crippen LogP contribution in [0.3, 0.4) is 0 Å². The molecular formula is C6H4CuO2+. The molecule has 0 saturated carbocycles.